The second-order valence-electron chi connectivity index (χ2n) is 6.91. The predicted molar refractivity (Wildman–Crippen MR) is 111 cm³/mol. The molecule has 3 heteroatoms. The van der Waals surface area contributed by atoms with Crippen LogP contribution >= 0.6 is 0 Å². The Labute approximate surface area is 162 Å². The second-order valence-corrected chi connectivity index (χ2v) is 6.91. The van der Waals surface area contributed by atoms with Gasteiger partial charge in [0.25, 0.3) is 0 Å². The van der Waals surface area contributed by atoms with Crippen LogP contribution in [-0.2, 0) is 6.42 Å². The molecule has 0 radical (unpaired) electrons. The van der Waals surface area contributed by atoms with Crippen molar-refractivity contribution in [3.63, 3.8) is 0 Å². The number of hydrogen-bond acceptors (Lipinski definition) is 3. The number of methoxy groups -OCH3 is 1. The first kappa shape index (κ1) is 19.1. The number of ether oxygens (including phenoxy) is 1. The van der Waals surface area contributed by atoms with Crippen molar-refractivity contribution >= 4 is 0 Å². The molecule has 0 aliphatic rings. The van der Waals surface area contributed by atoms with Crippen molar-refractivity contribution in [1.29, 1.82) is 0 Å². The van der Waals surface area contributed by atoms with Gasteiger partial charge < -0.3 is 10.1 Å². The Kier molecular flexibility index (Phi) is 7.00. The van der Waals surface area contributed by atoms with E-state index in [-0.39, 0.29) is 5.92 Å². The molecule has 0 saturated heterocycles. The average molecular weight is 361 g/mol. The van der Waals surface area contributed by atoms with Gasteiger partial charge >= 0.3 is 0 Å². The van der Waals surface area contributed by atoms with E-state index in [1.54, 1.807) is 7.11 Å². The number of pyridine rings is 1. The molecule has 2 unspecified atom stereocenters. The molecule has 3 nitrogen and oxygen atoms in total. The number of nitrogens with one attached hydrogen (secondary N) is 1. The lowest BCUT2D eigenvalue weighted by Gasteiger charge is -2.20. The number of benzene rings is 2. The van der Waals surface area contributed by atoms with Crippen molar-refractivity contribution in [1.82, 2.24) is 10.3 Å². The largest absolute Gasteiger partial charge is 0.497 e. The number of nitrogens with zero attached hydrogens (tertiary/aromatic N) is 1. The van der Waals surface area contributed by atoms with Crippen molar-refractivity contribution in [3.05, 3.63) is 95.8 Å². The molecule has 0 saturated carbocycles. The number of rotatable bonds is 9. The van der Waals surface area contributed by atoms with Gasteiger partial charge in [-0.2, -0.15) is 0 Å². The summed E-state index contributed by atoms with van der Waals surface area (Å²) in [5.74, 6) is 1.15. The van der Waals surface area contributed by atoms with Crippen molar-refractivity contribution in [2.24, 2.45) is 0 Å². The van der Waals surface area contributed by atoms with E-state index in [0.29, 0.717) is 6.04 Å². The molecule has 0 fully saturated rings. The Morgan fingerprint density at radius 1 is 0.926 bits per heavy atom. The highest BCUT2D eigenvalue weighted by Crippen LogP contribution is 2.27. The molecule has 2 aromatic carbocycles. The number of hydrogen-bond donors (Lipinski definition) is 1. The molecule has 0 aliphatic carbocycles. The summed E-state index contributed by atoms with van der Waals surface area (Å²) in [6.45, 7) is 3.19. The fourth-order valence-corrected chi connectivity index (χ4v) is 3.42. The minimum atomic E-state index is 0.272. The van der Waals surface area contributed by atoms with Crippen LogP contribution < -0.4 is 10.1 Å². The molecule has 1 N–H and O–H groups in total. The molecule has 3 aromatic rings. The Bertz CT molecular complexity index is 788. The lowest BCUT2D eigenvalue weighted by atomic mass is 9.91. The summed E-state index contributed by atoms with van der Waals surface area (Å²) in [6, 6.07) is 25.6. The van der Waals surface area contributed by atoms with Crippen LogP contribution in [-0.4, -0.2) is 24.7 Å². The minimum absolute atomic E-state index is 0.272. The van der Waals surface area contributed by atoms with Gasteiger partial charge in [-0.1, -0.05) is 48.5 Å². The molecule has 0 aliphatic heterocycles. The van der Waals surface area contributed by atoms with Gasteiger partial charge in [0.1, 0.15) is 5.75 Å². The molecule has 27 heavy (non-hydrogen) atoms. The van der Waals surface area contributed by atoms with Crippen LogP contribution in [0.3, 0.4) is 0 Å². The first-order valence-electron chi connectivity index (χ1n) is 9.58. The Morgan fingerprint density at radius 3 is 2.33 bits per heavy atom. The van der Waals surface area contributed by atoms with Crippen molar-refractivity contribution in [2.75, 3.05) is 13.7 Å². The molecule has 3 rings (SSSR count). The van der Waals surface area contributed by atoms with Gasteiger partial charge in [-0.3, -0.25) is 4.98 Å². The Balaban J connectivity index is 1.63. The van der Waals surface area contributed by atoms with Crippen LogP contribution in [0.2, 0.25) is 0 Å². The summed E-state index contributed by atoms with van der Waals surface area (Å²) in [5.41, 5.74) is 3.75. The highest BCUT2D eigenvalue weighted by Gasteiger charge is 2.16. The zero-order chi connectivity index (χ0) is 18.9. The fraction of sp³-hybridized carbons (Fsp3) is 0.292. The summed E-state index contributed by atoms with van der Waals surface area (Å²) in [4.78, 5) is 4.60. The smallest absolute Gasteiger partial charge is 0.118 e. The van der Waals surface area contributed by atoms with E-state index in [0.717, 1.165) is 30.8 Å². The topological polar surface area (TPSA) is 34.1 Å². The summed E-state index contributed by atoms with van der Waals surface area (Å²) in [7, 11) is 1.70. The maximum Gasteiger partial charge on any atom is 0.118 e. The monoisotopic (exact) mass is 360 g/mol. The molecular weight excluding hydrogens is 332 g/mol. The highest BCUT2D eigenvalue weighted by atomic mass is 16.5. The zero-order valence-electron chi connectivity index (χ0n) is 16.1. The Hall–Kier alpha value is -2.65. The minimum Gasteiger partial charge on any atom is -0.497 e. The normalized spacial score (nSPS) is 13.1. The van der Waals surface area contributed by atoms with Gasteiger partial charge in [0.15, 0.2) is 0 Å². The Morgan fingerprint density at radius 2 is 1.67 bits per heavy atom. The molecular formula is C24H28N2O. The van der Waals surface area contributed by atoms with E-state index >= 15 is 0 Å². The van der Waals surface area contributed by atoms with Gasteiger partial charge in [-0.25, -0.2) is 0 Å². The lowest BCUT2D eigenvalue weighted by molar-refractivity contribution is 0.414. The van der Waals surface area contributed by atoms with Crippen LogP contribution in [0, 0.1) is 0 Å². The SMILES string of the molecule is COc1ccc(C(CCNC(C)Cc2ccccc2)c2ccccn2)cc1. The third kappa shape index (κ3) is 5.66. The maximum atomic E-state index is 5.30. The lowest BCUT2D eigenvalue weighted by Crippen LogP contribution is -2.30. The highest BCUT2D eigenvalue weighted by molar-refractivity contribution is 5.33. The molecule has 0 bridgehead atoms. The molecule has 0 spiro atoms. The van der Waals surface area contributed by atoms with E-state index in [1.807, 2.05) is 24.4 Å². The van der Waals surface area contributed by atoms with Crippen molar-refractivity contribution in [3.8, 4) is 5.75 Å². The van der Waals surface area contributed by atoms with Crippen LogP contribution in [0.1, 0.15) is 36.1 Å². The maximum absolute atomic E-state index is 5.30. The first-order chi connectivity index (χ1) is 13.3. The van der Waals surface area contributed by atoms with Crippen LogP contribution in [0.25, 0.3) is 0 Å². The van der Waals surface area contributed by atoms with Crippen molar-refractivity contribution in [2.45, 2.75) is 31.7 Å². The van der Waals surface area contributed by atoms with Crippen LogP contribution in [0.4, 0.5) is 0 Å². The molecule has 0 amide bonds. The summed E-state index contributed by atoms with van der Waals surface area (Å²) in [6.07, 6.45) is 3.91. The fourth-order valence-electron chi connectivity index (χ4n) is 3.42. The zero-order valence-corrected chi connectivity index (χ0v) is 16.1. The third-order valence-corrected chi connectivity index (χ3v) is 4.87. The van der Waals surface area contributed by atoms with Crippen LogP contribution in [0.5, 0.6) is 5.75 Å². The van der Waals surface area contributed by atoms with Gasteiger partial charge in [0.05, 0.1) is 7.11 Å². The van der Waals surface area contributed by atoms with Gasteiger partial charge in [-0.05, 0) is 61.7 Å². The molecule has 1 aromatic heterocycles. The van der Waals surface area contributed by atoms with Gasteiger partial charge in [0, 0.05) is 23.9 Å². The quantitative estimate of drug-likeness (QED) is 0.593. The van der Waals surface area contributed by atoms with E-state index in [1.165, 1.54) is 11.1 Å². The van der Waals surface area contributed by atoms with Gasteiger partial charge in [-0.15, -0.1) is 0 Å². The first-order valence-corrected chi connectivity index (χ1v) is 9.58. The van der Waals surface area contributed by atoms with E-state index in [2.05, 4.69) is 71.8 Å². The third-order valence-electron chi connectivity index (χ3n) is 4.87. The molecule has 140 valence electrons. The van der Waals surface area contributed by atoms with E-state index < -0.39 is 0 Å². The van der Waals surface area contributed by atoms with E-state index in [9.17, 15) is 0 Å². The predicted octanol–water partition coefficient (Wildman–Crippen LogP) is 4.83. The van der Waals surface area contributed by atoms with Gasteiger partial charge in [0.2, 0.25) is 0 Å². The molecule has 2 atom stereocenters. The average Bonchev–Trinajstić information content (AvgIpc) is 2.73. The summed E-state index contributed by atoms with van der Waals surface area (Å²) >= 11 is 0. The van der Waals surface area contributed by atoms with Crippen molar-refractivity contribution < 1.29 is 4.74 Å². The molecule has 1 heterocycles. The summed E-state index contributed by atoms with van der Waals surface area (Å²) < 4.78 is 5.30. The summed E-state index contributed by atoms with van der Waals surface area (Å²) in [5, 5.41) is 3.67. The standard InChI is InChI=1S/C24H28N2O/c1-19(18-20-8-4-3-5-9-20)25-17-15-23(24-10-6-7-16-26-24)21-11-13-22(27-2)14-12-21/h3-14,16,19,23,25H,15,17-18H2,1-2H3. The van der Waals surface area contributed by atoms with Crippen LogP contribution in [0.15, 0.2) is 79.0 Å². The number of aromatic nitrogens is 1. The second kappa shape index (κ2) is 9.89. The van der Waals surface area contributed by atoms with E-state index in [4.69, 9.17) is 4.74 Å².